The Morgan fingerprint density at radius 1 is 1.17 bits per heavy atom. The number of hydrogen-bond acceptors (Lipinski definition) is 3. The van der Waals surface area contributed by atoms with E-state index in [1.54, 1.807) is 12.4 Å². The van der Waals surface area contributed by atoms with Gasteiger partial charge in [-0.15, -0.1) is 0 Å². The SMILES string of the molecule is CC(OCC1CC1)C(=O)NC(c1ccccc1)c1ccncc1. The number of pyridine rings is 1. The molecule has 2 unspecified atom stereocenters. The van der Waals surface area contributed by atoms with Crippen molar-refractivity contribution in [3.8, 4) is 0 Å². The molecule has 1 heterocycles. The van der Waals surface area contributed by atoms with E-state index in [1.165, 1.54) is 12.8 Å². The van der Waals surface area contributed by atoms with Crippen LogP contribution in [0, 0.1) is 5.92 Å². The van der Waals surface area contributed by atoms with Crippen molar-refractivity contribution in [2.75, 3.05) is 6.61 Å². The number of benzene rings is 1. The normalized spacial score (nSPS) is 16.6. The van der Waals surface area contributed by atoms with E-state index in [1.807, 2.05) is 49.4 Å². The highest BCUT2D eigenvalue weighted by Gasteiger charge is 2.25. The van der Waals surface area contributed by atoms with E-state index in [0.717, 1.165) is 11.1 Å². The minimum Gasteiger partial charge on any atom is -0.368 e. The van der Waals surface area contributed by atoms with Crippen molar-refractivity contribution in [3.05, 3.63) is 66.0 Å². The lowest BCUT2D eigenvalue weighted by atomic mass is 9.99. The van der Waals surface area contributed by atoms with Gasteiger partial charge in [-0.1, -0.05) is 30.3 Å². The zero-order valence-electron chi connectivity index (χ0n) is 13.3. The number of amides is 1. The van der Waals surface area contributed by atoms with Crippen LogP contribution in [0.5, 0.6) is 0 Å². The van der Waals surface area contributed by atoms with E-state index < -0.39 is 6.10 Å². The lowest BCUT2D eigenvalue weighted by Gasteiger charge is -2.22. The molecular formula is C19H22N2O2. The zero-order valence-corrected chi connectivity index (χ0v) is 13.3. The van der Waals surface area contributed by atoms with Gasteiger partial charge in [-0.25, -0.2) is 0 Å². The van der Waals surface area contributed by atoms with Crippen molar-refractivity contribution in [1.29, 1.82) is 0 Å². The molecule has 23 heavy (non-hydrogen) atoms. The average Bonchev–Trinajstić information content (AvgIpc) is 3.43. The number of carbonyl (C=O) groups is 1. The van der Waals surface area contributed by atoms with Gasteiger partial charge in [0, 0.05) is 12.4 Å². The first kappa shape index (κ1) is 15.7. The van der Waals surface area contributed by atoms with Crippen molar-refractivity contribution < 1.29 is 9.53 Å². The smallest absolute Gasteiger partial charge is 0.249 e. The summed E-state index contributed by atoms with van der Waals surface area (Å²) in [5.74, 6) is 0.562. The largest absolute Gasteiger partial charge is 0.368 e. The quantitative estimate of drug-likeness (QED) is 0.855. The summed E-state index contributed by atoms with van der Waals surface area (Å²) in [5.41, 5.74) is 2.05. The fourth-order valence-electron chi connectivity index (χ4n) is 2.46. The molecule has 1 aliphatic carbocycles. The Morgan fingerprint density at radius 3 is 2.48 bits per heavy atom. The second-order valence-corrected chi connectivity index (χ2v) is 6.05. The summed E-state index contributed by atoms with van der Waals surface area (Å²) < 4.78 is 5.68. The van der Waals surface area contributed by atoms with Crippen molar-refractivity contribution >= 4 is 5.91 Å². The summed E-state index contributed by atoms with van der Waals surface area (Å²) in [5, 5.41) is 3.10. The van der Waals surface area contributed by atoms with E-state index in [9.17, 15) is 4.79 Å². The number of rotatable bonds is 7. The predicted molar refractivity (Wildman–Crippen MR) is 88.8 cm³/mol. The topological polar surface area (TPSA) is 51.2 Å². The Labute approximate surface area is 136 Å². The molecule has 0 radical (unpaired) electrons. The molecule has 1 aromatic carbocycles. The maximum absolute atomic E-state index is 12.5. The first-order valence-electron chi connectivity index (χ1n) is 8.11. The second-order valence-electron chi connectivity index (χ2n) is 6.05. The minimum atomic E-state index is -0.441. The summed E-state index contributed by atoms with van der Waals surface area (Å²) in [6, 6.07) is 13.6. The fraction of sp³-hybridized carbons (Fsp3) is 0.368. The van der Waals surface area contributed by atoms with Crippen LogP contribution in [-0.2, 0) is 9.53 Å². The fourth-order valence-corrected chi connectivity index (χ4v) is 2.46. The Hall–Kier alpha value is -2.20. The van der Waals surface area contributed by atoms with Gasteiger partial charge in [0.1, 0.15) is 6.10 Å². The summed E-state index contributed by atoms with van der Waals surface area (Å²) in [7, 11) is 0. The monoisotopic (exact) mass is 310 g/mol. The number of ether oxygens (including phenoxy) is 1. The molecule has 120 valence electrons. The highest BCUT2D eigenvalue weighted by atomic mass is 16.5. The molecule has 1 amide bonds. The van der Waals surface area contributed by atoms with Crippen LogP contribution in [0.2, 0.25) is 0 Å². The summed E-state index contributed by atoms with van der Waals surface area (Å²) in [6.45, 7) is 2.49. The summed E-state index contributed by atoms with van der Waals surface area (Å²) in [4.78, 5) is 16.5. The molecule has 4 heteroatoms. The summed E-state index contributed by atoms with van der Waals surface area (Å²) in [6.07, 6.45) is 5.48. The molecule has 1 aromatic heterocycles. The highest BCUT2D eigenvalue weighted by molar-refractivity contribution is 5.81. The highest BCUT2D eigenvalue weighted by Crippen LogP contribution is 2.29. The van der Waals surface area contributed by atoms with Crippen LogP contribution in [0.25, 0.3) is 0 Å². The van der Waals surface area contributed by atoms with Gasteiger partial charge in [-0.2, -0.15) is 0 Å². The van der Waals surface area contributed by atoms with Gasteiger partial charge >= 0.3 is 0 Å². The minimum absolute atomic E-state index is 0.0867. The first-order valence-corrected chi connectivity index (χ1v) is 8.11. The number of hydrogen-bond donors (Lipinski definition) is 1. The molecule has 4 nitrogen and oxygen atoms in total. The van der Waals surface area contributed by atoms with Crippen LogP contribution in [0.1, 0.15) is 36.9 Å². The van der Waals surface area contributed by atoms with Crippen LogP contribution in [0.15, 0.2) is 54.9 Å². The standard InChI is InChI=1S/C19H22N2O2/c1-14(23-13-15-7-8-15)19(22)21-18(16-5-3-2-4-6-16)17-9-11-20-12-10-17/h2-6,9-12,14-15,18H,7-8,13H2,1H3,(H,21,22). The van der Waals surface area contributed by atoms with Crippen LogP contribution < -0.4 is 5.32 Å². The molecule has 0 bridgehead atoms. The molecule has 2 atom stereocenters. The number of aromatic nitrogens is 1. The molecule has 1 fully saturated rings. The maximum atomic E-state index is 12.5. The van der Waals surface area contributed by atoms with Gasteiger partial charge in [0.05, 0.1) is 12.6 Å². The molecule has 1 saturated carbocycles. The Balaban J connectivity index is 1.71. The van der Waals surface area contributed by atoms with Gasteiger partial charge in [0.2, 0.25) is 5.91 Å². The first-order chi connectivity index (χ1) is 11.2. The lowest BCUT2D eigenvalue weighted by molar-refractivity contribution is -0.132. The lowest BCUT2D eigenvalue weighted by Crippen LogP contribution is -2.37. The van der Waals surface area contributed by atoms with Gasteiger partial charge in [0.15, 0.2) is 0 Å². The molecule has 0 saturated heterocycles. The Bertz CT molecular complexity index is 587. The van der Waals surface area contributed by atoms with E-state index in [0.29, 0.717) is 12.5 Å². The third-order valence-corrected chi connectivity index (χ3v) is 4.11. The van der Waals surface area contributed by atoms with Crippen LogP contribution in [0.3, 0.4) is 0 Å². The van der Waals surface area contributed by atoms with Crippen molar-refractivity contribution in [2.45, 2.75) is 31.9 Å². The van der Waals surface area contributed by atoms with Gasteiger partial charge in [-0.3, -0.25) is 9.78 Å². The van der Waals surface area contributed by atoms with Gasteiger partial charge in [0.25, 0.3) is 0 Å². The van der Waals surface area contributed by atoms with Crippen LogP contribution >= 0.6 is 0 Å². The molecule has 3 rings (SSSR count). The van der Waals surface area contributed by atoms with E-state index in [-0.39, 0.29) is 11.9 Å². The second kappa shape index (κ2) is 7.38. The third-order valence-electron chi connectivity index (χ3n) is 4.11. The zero-order chi connectivity index (χ0) is 16.1. The van der Waals surface area contributed by atoms with Crippen LogP contribution in [0.4, 0.5) is 0 Å². The predicted octanol–water partition coefficient (Wildman–Crippen LogP) is 3.10. The number of nitrogens with one attached hydrogen (secondary N) is 1. The van der Waals surface area contributed by atoms with Crippen molar-refractivity contribution in [2.24, 2.45) is 5.92 Å². The van der Waals surface area contributed by atoms with Gasteiger partial charge < -0.3 is 10.1 Å². The van der Waals surface area contributed by atoms with E-state index in [2.05, 4.69) is 10.3 Å². The van der Waals surface area contributed by atoms with Gasteiger partial charge in [-0.05, 0) is 48.9 Å². The number of nitrogens with zero attached hydrogens (tertiary/aromatic N) is 1. The molecular weight excluding hydrogens is 288 g/mol. The molecule has 1 N–H and O–H groups in total. The summed E-state index contributed by atoms with van der Waals surface area (Å²) >= 11 is 0. The maximum Gasteiger partial charge on any atom is 0.249 e. The molecule has 0 aliphatic heterocycles. The third kappa shape index (κ3) is 4.39. The molecule has 0 spiro atoms. The Morgan fingerprint density at radius 2 is 1.83 bits per heavy atom. The molecule has 1 aliphatic rings. The van der Waals surface area contributed by atoms with E-state index in [4.69, 9.17) is 4.74 Å². The van der Waals surface area contributed by atoms with Crippen molar-refractivity contribution in [3.63, 3.8) is 0 Å². The number of carbonyl (C=O) groups excluding carboxylic acids is 1. The average molecular weight is 310 g/mol. The van der Waals surface area contributed by atoms with Crippen LogP contribution in [-0.4, -0.2) is 23.6 Å². The molecule has 2 aromatic rings. The Kier molecular flexibility index (Phi) is 5.03. The van der Waals surface area contributed by atoms with E-state index >= 15 is 0 Å². The van der Waals surface area contributed by atoms with Crippen molar-refractivity contribution in [1.82, 2.24) is 10.3 Å².